The molecule has 0 unspecified atom stereocenters. The number of aromatic nitrogens is 5. The van der Waals surface area contributed by atoms with Gasteiger partial charge in [0.05, 0.1) is 18.3 Å². The highest BCUT2D eigenvalue weighted by atomic mass is 19.4. The van der Waals surface area contributed by atoms with Gasteiger partial charge in [0.2, 0.25) is 5.82 Å². The quantitative estimate of drug-likeness (QED) is 0.701. The summed E-state index contributed by atoms with van der Waals surface area (Å²) >= 11 is 0. The maximum atomic E-state index is 13.0. The van der Waals surface area contributed by atoms with Crippen LogP contribution in [0.25, 0.3) is 11.0 Å². The van der Waals surface area contributed by atoms with E-state index in [1.807, 2.05) is 0 Å². The number of imidazole rings is 1. The molecule has 0 saturated heterocycles. The molecule has 0 aromatic carbocycles. The first-order chi connectivity index (χ1) is 12.3. The Morgan fingerprint density at radius 3 is 2.73 bits per heavy atom. The van der Waals surface area contributed by atoms with E-state index in [0.29, 0.717) is 5.56 Å². The Bertz CT molecular complexity index is 1010. The first-order valence-electron chi connectivity index (χ1n) is 7.35. The lowest BCUT2D eigenvalue weighted by molar-refractivity contribution is -0.146. The molecule has 136 valence electrons. The van der Waals surface area contributed by atoms with E-state index in [1.54, 1.807) is 0 Å². The van der Waals surface area contributed by atoms with Crippen LogP contribution in [0.3, 0.4) is 0 Å². The van der Waals surface area contributed by atoms with Crippen LogP contribution >= 0.6 is 0 Å². The molecule has 0 radical (unpaired) electrons. The Kier molecular flexibility index (Phi) is 4.45. The number of nitrogens with zero attached hydrogens (tertiary/aromatic N) is 4. The predicted molar refractivity (Wildman–Crippen MR) is 82.4 cm³/mol. The van der Waals surface area contributed by atoms with Crippen molar-refractivity contribution in [3.8, 4) is 0 Å². The standard InChI is InChI=1S/C15H12F3N5O3/c1-23-11-9(6-19-7-10(11)22-13(23)15(16,17)18)12(24)26-3-2-8-4-20-14(25)21-5-8/h4-7H,2-3H2,1H3,(H,20,21,25). The van der Waals surface area contributed by atoms with Crippen LogP contribution < -0.4 is 5.69 Å². The van der Waals surface area contributed by atoms with Gasteiger partial charge in [-0.25, -0.2) is 19.6 Å². The first-order valence-corrected chi connectivity index (χ1v) is 7.35. The van der Waals surface area contributed by atoms with Gasteiger partial charge in [-0.05, 0) is 5.56 Å². The van der Waals surface area contributed by atoms with Crippen LogP contribution in [0.4, 0.5) is 13.2 Å². The minimum absolute atomic E-state index is 0.0111. The van der Waals surface area contributed by atoms with E-state index in [9.17, 15) is 22.8 Å². The maximum absolute atomic E-state index is 13.0. The SMILES string of the molecule is Cn1c(C(F)(F)F)nc2cncc(C(=O)OCCc3cnc(=O)[nH]c3)c21. The molecule has 0 saturated carbocycles. The Morgan fingerprint density at radius 2 is 2.08 bits per heavy atom. The number of pyridine rings is 1. The van der Waals surface area contributed by atoms with Crippen LogP contribution in [0.5, 0.6) is 0 Å². The lowest BCUT2D eigenvalue weighted by Gasteiger charge is -2.08. The highest BCUT2D eigenvalue weighted by molar-refractivity contribution is 6.01. The molecule has 3 heterocycles. The van der Waals surface area contributed by atoms with Gasteiger partial charge in [0.25, 0.3) is 0 Å². The normalized spacial score (nSPS) is 11.7. The number of aromatic amines is 1. The number of carbonyl (C=O) groups is 1. The number of rotatable bonds is 4. The number of H-pyrrole nitrogens is 1. The maximum Gasteiger partial charge on any atom is 0.449 e. The smallest absolute Gasteiger partial charge is 0.449 e. The predicted octanol–water partition coefficient (Wildman–Crippen LogP) is 1.47. The van der Waals surface area contributed by atoms with E-state index in [4.69, 9.17) is 4.74 Å². The third kappa shape index (κ3) is 3.41. The molecule has 8 nitrogen and oxygen atoms in total. The molecule has 0 aliphatic heterocycles. The second-order valence-electron chi connectivity index (χ2n) is 5.36. The van der Waals surface area contributed by atoms with Gasteiger partial charge in [0, 0.05) is 32.1 Å². The zero-order valence-corrected chi connectivity index (χ0v) is 13.4. The summed E-state index contributed by atoms with van der Waals surface area (Å²) in [6.45, 7) is -0.0487. The zero-order valence-electron chi connectivity index (χ0n) is 13.4. The Morgan fingerprint density at radius 1 is 1.31 bits per heavy atom. The second-order valence-corrected chi connectivity index (χ2v) is 5.36. The average Bonchev–Trinajstić information content (AvgIpc) is 2.94. The van der Waals surface area contributed by atoms with Crippen molar-refractivity contribution in [1.82, 2.24) is 24.5 Å². The van der Waals surface area contributed by atoms with E-state index in [2.05, 4.69) is 19.9 Å². The second kappa shape index (κ2) is 6.58. The fourth-order valence-electron chi connectivity index (χ4n) is 2.42. The summed E-state index contributed by atoms with van der Waals surface area (Å²) in [5.74, 6) is -1.95. The monoisotopic (exact) mass is 367 g/mol. The molecule has 26 heavy (non-hydrogen) atoms. The minimum atomic E-state index is -4.66. The van der Waals surface area contributed by atoms with Crippen LogP contribution in [-0.4, -0.2) is 37.1 Å². The van der Waals surface area contributed by atoms with Crippen molar-refractivity contribution >= 4 is 17.0 Å². The fraction of sp³-hybridized carbons (Fsp3) is 0.267. The van der Waals surface area contributed by atoms with Gasteiger partial charge >= 0.3 is 17.8 Å². The molecule has 3 aromatic rings. The molecule has 3 rings (SSSR count). The highest BCUT2D eigenvalue weighted by Crippen LogP contribution is 2.31. The molecular formula is C15H12F3N5O3. The molecule has 1 N–H and O–H groups in total. The van der Waals surface area contributed by atoms with Crippen LogP contribution in [0, 0.1) is 0 Å². The molecular weight excluding hydrogens is 355 g/mol. The average molecular weight is 367 g/mol. The largest absolute Gasteiger partial charge is 0.462 e. The van der Waals surface area contributed by atoms with Gasteiger partial charge in [0.1, 0.15) is 11.1 Å². The molecule has 0 aliphatic carbocycles. The third-order valence-electron chi connectivity index (χ3n) is 3.60. The summed E-state index contributed by atoms with van der Waals surface area (Å²) in [6, 6.07) is 0. The van der Waals surface area contributed by atoms with Crippen LogP contribution in [-0.2, 0) is 24.4 Å². The summed E-state index contributed by atoms with van der Waals surface area (Å²) in [7, 11) is 1.17. The molecule has 11 heteroatoms. The van der Waals surface area contributed by atoms with Crippen molar-refractivity contribution in [2.24, 2.45) is 7.05 Å². The van der Waals surface area contributed by atoms with E-state index < -0.39 is 23.7 Å². The summed E-state index contributed by atoms with van der Waals surface area (Å²) in [4.78, 5) is 36.3. The number of nitrogens with one attached hydrogen (secondary N) is 1. The number of fused-ring (bicyclic) bond motifs is 1. The van der Waals surface area contributed by atoms with Crippen molar-refractivity contribution < 1.29 is 22.7 Å². The third-order valence-corrected chi connectivity index (χ3v) is 3.60. The van der Waals surface area contributed by atoms with Crippen molar-refractivity contribution in [2.75, 3.05) is 6.61 Å². The number of alkyl halides is 3. The number of hydrogen-bond acceptors (Lipinski definition) is 6. The minimum Gasteiger partial charge on any atom is -0.462 e. The molecule has 0 aliphatic rings. The van der Waals surface area contributed by atoms with Crippen LogP contribution in [0.15, 0.2) is 29.6 Å². The van der Waals surface area contributed by atoms with Gasteiger partial charge in [-0.1, -0.05) is 0 Å². The Labute approximate surface area is 143 Å². The van der Waals surface area contributed by atoms with Crippen LogP contribution in [0.2, 0.25) is 0 Å². The number of hydrogen-bond donors (Lipinski definition) is 1. The van der Waals surface area contributed by atoms with Gasteiger partial charge < -0.3 is 14.3 Å². The van der Waals surface area contributed by atoms with Crippen LogP contribution in [0.1, 0.15) is 21.7 Å². The van der Waals surface area contributed by atoms with Crippen molar-refractivity contribution in [2.45, 2.75) is 12.6 Å². The molecule has 0 spiro atoms. The van der Waals surface area contributed by atoms with Gasteiger partial charge in [-0.15, -0.1) is 0 Å². The van der Waals surface area contributed by atoms with Gasteiger partial charge in [-0.3, -0.25) is 4.98 Å². The van der Waals surface area contributed by atoms with Gasteiger partial charge in [-0.2, -0.15) is 13.2 Å². The Balaban J connectivity index is 1.81. The summed E-state index contributed by atoms with van der Waals surface area (Å²) in [6.07, 6.45) is 0.666. The number of ether oxygens (including phenoxy) is 1. The lowest BCUT2D eigenvalue weighted by atomic mass is 10.2. The number of esters is 1. The summed E-state index contributed by atoms with van der Waals surface area (Å²) in [5, 5.41) is 0. The number of halogens is 3. The lowest BCUT2D eigenvalue weighted by Crippen LogP contribution is -2.14. The fourth-order valence-corrected chi connectivity index (χ4v) is 2.42. The molecule has 0 fully saturated rings. The number of carbonyl (C=O) groups excluding carboxylic acids is 1. The van der Waals surface area contributed by atoms with E-state index >= 15 is 0 Å². The molecule has 0 amide bonds. The highest BCUT2D eigenvalue weighted by Gasteiger charge is 2.37. The van der Waals surface area contributed by atoms with Crippen molar-refractivity contribution in [3.63, 3.8) is 0 Å². The van der Waals surface area contributed by atoms with E-state index in [-0.39, 0.29) is 29.6 Å². The summed E-state index contributed by atoms with van der Waals surface area (Å²) < 4.78 is 44.9. The zero-order chi connectivity index (χ0) is 18.9. The van der Waals surface area contributed by atoms with Gasteiger partial charge in [0.15, 0.2) is 0 Å². The Hall–Kier alpha value is -3.24. The molecule has 3 aromatic heterocycles. The number of aryl methyl sites for hydroxylation is 1. The summed E-state index contributed by atoms with van der Waals surface area (Å²) in [5.41, 5.74) is -0.0523. The van der Waals surface area contributed by atoms with E-state index in [0.717, 1.165) is 17.0 Å². The van der Waals surface area contributed by atoms with Crippen molar-refractivity contribution in [3.05, 3.63) is 52.2 Å². The topological polar surface area (TPSA) is 103 Å². The first kappa shape index (κ1) is 17.6. The van der Waals surface area contributed by atoms with E-state index in [1.165, 1.54) is 19.4 Å². The van der Waals surface area contributed by atoms with Crippen molar-refractivity contribution in [1.29, 1.82) is 0 Å². The molecule has 0 atom stereocenters. The molecule has 0 bridgehead atoms.